The fourth-order valence-corrected chi connectivity index (χ4v) is 3.29. The van der Waals surface area contributed by atoms with E-state index >= 15 is 0 Å². The van der Waals surface area contributed by atoms with Gasteiger partial charge >= 0.3 is 0 Å². The number of hydrogen-bond donors (Lipinski definition) is 0. The number of hydrogen-bond acceptors (Lipinski definition) is 0. The Labute approximate surface area is 111 Å². The first-order valence-electron chi connectivity index (χ1n) is 7.80. The molecule has 0 N–H and O–H groups in total. The minimum Gasteiger partial charge on any atom is -0.0654 e. The average molecular weight is 239 g/mol. The molecule has 2 unspecified atom stereocenters. The van der Waals surface area contributed by atoms with Gasteiger partial charge in [0.25, 0.3) is 0 Å². The van der Waals surface area contributed by atoms with E-state index < -0.39 is 0 Å². The van der Waals surface area contributed by atoms with Crippen LogP contribution in [-0.4, -0.2) is 0 Å². The molecule has 0 fully saturated rings. The molecule has 2 atom stereocenters. The minimum atomic E-state index is 0.500. The molecule has 0 nitrogen and oxygen atoms in total. The summed E-state index contributed by atoms with van der Waals surface area (Å²) in [7, 11) is 0. The SMILES string of the molecule is CCCCC(CCC)([C](C)C(C)CC)C(C)C. The van der Waals surface area contributed by atoms with E-state index in [4.69, 9.17) is 0 Å². The molecule has 0 aromatic heterocycles. The van der Waals surface area contributed by atoms with E-state index in [1.165, 1.54) is 38.5 Å². The average Bonchev–Trinajstić information content (AvgIpc) is 2.32. The van der Waals surface area contributed by atoms with Gasteiger partial charge in [-0.3, -0.25) is 0 Å². The molecule has 0 spiro atoms. The lowest BCUT2D eigenvalue weighted by Crippen LogP contribution is -2.36. The lowest BCUT2D eigenvalue weighted by molar-refractivity contribution is 0.140. The Morgan fingerprint density at radius 2 is 1.53 bits per heavy atom. The first kappa shape index (κ1) is 17.0. The summed E-state index contributed by atoms with van der Waals surface area (Å²) in [5.41, 5.74) is 0.500. The highest BCUT2D eigenvalue weighted by atomic mass is 14.4. The largest absolute Gasteiger partial charge is 0.0654 e. The van der Waals surface area contributed by atoms with E-state index in [2.05, 4.69) is 48.5 Å². The predicted molar refractivity (Wildman–Crippen MR) is 80.1 cm³/mol. The van der Waals surface area contributed by atoms with E-state index in [1.807, 2.05) is 0 Å². The lowest BCUT2D eigenvalue weighted by Gasteiger charge is -2.45. The second-order valence-corrected chi connectivity index (χ2v) is 6.16. The Balaban J connectivity index is 4.99. The predicted octanol–water partition coefficient (Wildman–Crippen LogP) is 6.26. The zero-order chi connectivity index (χ0) is 13.5. The van der Waals surface area contributed by atoms with Crippen LogP contribution in [-0.2, 0) is 0 Å². The summed E-state index contributed by atoms with van der Waals surface area (Å²) in [6, 6.07) is 0. The molecule has 0 aromatic carbocycles. The van der Waals surface area contributed by atoms with Crippen molar-refractivity contribution in [2.24, 2.45) is 17.3 Å². The summed E-state index contributed by atoms with van der Waals surface area (Å²) in [6.07, 6.45) is 8.08. The van der Waals surface area contributed by atoms with E-state index in [1.54, 1.807) is 5.92 Å². The topological polar surface area (TPSA) is 0 Å². The van der Waals surface area contributed by atoms with Crippen LogP contribution in [0.1, 0.15) is 87.0 Å². The van der Waals surface area contributed by atoms with Crippen molar-refractivity contribution in [1.29, 1.82) is 0 Å². The molecule has 0 heteroatoms. The van der Waals surface area contributed by atoms with Gasteiger partial charge in [0, 0.05) is 0 Å². The van der Waals surface area contributed by atoms with E-state index in [-0.39, 0.29) is 0 Å². The second kappa shape index (κ2) is 8.16. The Morgan fingerprint density at radius 3 is 1.88 bits per heavy atom. The number of rotatable bonds is 9. The van der Waals surface area contributed by atoms with Crippen molar-refractivity contribution in [2.75, 3.05) is 0 Å². The third-order valence-corrected chi connectivity index (χ3v) is 4.91. The Bertz CT molecular complexity index is 182. The summed E-state index contributed by atoms with van der Waals surface area (Å²) >= 11 is 0. The maximum Gasteiger partial charge on any atom is -0.0180 e. The molecule has 0 aliphatic rings. The fraction of sp³-hybridized carbons (Fsp3) is 0.941. The third kappa shape index (κ3) is 4.30. The van der Waals surface area contributed by atoms with Crippen molar-refractivity contribution in [3.05, 3.63) is 5.92 Å². The van der Waals surface area contributed by atoms with Crippen LogP contribution in [0.5, 0.6) is 0 Å². The van der Waals surface area contributed by atoms with Gasteiger partial charge in [0.1, 0.15) is 0 Å². The Kier molecular flexibility index (Phi) is 8.16. The van der Waals surface area contributed by atoms with Gasteiger partial charge in [-0.2, -0.15) is 0 Å². The highest BCUT2D eigenvalue weighted by Crippen LogP contribution is 2.49. The van der Waals surface area contributed by atoms with Crippen LogP contribution in [0.25, 0.3) is 0 Å². The molecule has 0 bridgehead atoms. The van der Waals surface area contributed by atoms with Crippen LogP contribution >= 0.6 is 0 Å². The van der Waals surface area contributed by atoms with Gasteiger partial charge in [0.15, 0.2) is 0 Å². The van der Waals surface area contributed by atoms with Gasteiger partial charge in [0.2, 0.25) is 0 Å². The van der Waals surface area contributed by atoms with Crippen molar-refractivity contribution < 1.29 is 0 Å². The van der Waals surface area contributed by atoms with Crippen LogP contribution in [0, 0.1) is 23.2 Å². The molecule has 0 saturated carbocycles. The van der Waals surface area contributed by atoms with Crippen molar-refractivity contribution in [2.45, 2.75) is 87.0 Å². The summed E-state index contributed by atoms with van der Waals surface area (Å²) in [5.74, 6) is 3.33. The Morgan fingerprint density at radius 1 is 0.941 bits per heavy atom. The van der Waals surface area contributed by atoms with Crippen LogP contribution in [0.2, 0.25) is 0 Å². The van der Waals surface area contributed by atoms with Crippen molar-refractivity contribution in [3.63, 3.8) is 0 Å². The monoisotopic (exact) mass is 239 g/mol. The van der Waals surface area contributed by atoms with Gasteiger partial charge in [-0.15, -0.1) is 0 Å². The van der Waals surface area contributed by atoms with Crippen molar-refractivity contribution in [3.8, 4) is 0 Å². The first-order valence-corrected chi connectivity index (χ1v) is 7.80. The maximum atomic E-state index is 2.43. The smallest absolute Gasteiger partial charge is 0.0180 e. The molecule has 0 aliphatic heterocycles. The highest BCUT2D eigenvalue weighted by molar-refractivity contribution is 5.08. The van der Waals surface area contributed by atoms with Gasteiger partial charge < -0.3 is 0 Å². The lowest BCUT2D eigenvalue weighted by atomic mass is 9.59. The maximum absolute atomic E-state index is 2.43. The van der Waals surface area contributed by atoms with Gasteiger partial charge in [-0.1, -0.05) is 74.1 Å². The van der Waals surface area contributed by atoms with Gasteiger partial charge in [-0.05, 0) is 36.0 Å². The fourth-order valence-electron chi connectivity index (χ4n) is 3.29. The molecular weight excluding hydrogens is 204 g/mol. The molecular formula is C17H35. The quantitative estimate of drug-likeness (QED) is 0.445. The second-order valence-electron chi connectivity index (χ2n) is 6.16. The molecule has 0 aromatic rings. The molecule has 0 rings (SSSR count). The summed E-state index contributed by atoms with van der Waals surface area (Å²) < 4.78 is 0. The normalized spacial score (nSPS) is 17.5. The molecule has 1 radical (unpaired) electrons. The molecule has 0 saturated heterocycles. The van der Waals surface area contributed by atoms with Crippen molar-refractivity contribution >= 4 is 0 Å². The zero-order valence-corrected chi connectivity index (χ0v) is 13.4. The third-order valence-electron chi connectivity index (χ3n) is 4.91. The van der Waals surface area contributed by atoms with Crippen LogP contribution in [0.3, 0.4) is 0 Å². The van der Waals surface area contributed by atoms with E-state index in [9.17, 15) is 0 Å². The highest BCUT2D eigenvalue weighted by Gasteiger charge is 2.39. The van der Waals surface area contributed by atoms with Crippen LogP contribution < -0.4 is 0 Å². The number of unbranched alkanes of at least 4 members (excludes halogenated alkanes) is 1. The van der Waals surface area contributed by atoms with Gasteiger partial charge in [0.05, 0.1) is 0 Å². The molecule has 103 valence electrons. The molecule has 0 aliphatic carbocycles. The first-order chi connectivity index (χ1) is 7.96. The molecule has 0 heterocycles. The standard InChI is InChI=1S/C17H35/c1-8-11-13-17(12-9-2,14(4)5)16(7)15(6)10-3/h14-15H,8-13H2,1-7H3. The van der Waals surface area contributed by atoms with Crippen LogP contribution in [0.4, 0.5) is 0 Å². The molecule has 0 amide bonds. The van der Waals surface area contributed by atoms with E-state index in [0.717, 1.165) is 11.8 Å². The Hall–Kier alpha value is 0. The van der Waals surface area contributed by atoms with Crippen LogP contribution in [0.15, 0.2) is 0 Å². The summed E-state index contributed by atoms with van der Waals surface area (Å²) in [5, 5.41) is 0. The van der Waals surface area contributed by atoms with E-state index in [0.29, 0.717) is 5.41 Å². The van der Waals surface area contributed by atoms with Gasteiger partial charge in [-0.25, -0.2) is 0 Å². The molecule has 17 heavy (non-hydrogen) atoms. The minimum absolute atomic E-state index is 0.500. The zero-order valence-electron chi connectivity index (χ0n) is 13.4. The van der Waals surface area contributed by atoms with Crippen molar-refractivity contribution in [1.82, 2.24) is 0 Å². The summed E-state index contributed by atoms with van der Waals surface area (Å²) in [6.45, 7) is 16.7. The summed E-state index contributed by atoms with van der Waals surface area (Å²) in [4.78, 5) is 0.